The van der Waals surface area contributed by atoms with Gasteiger partial charge < -0.3 is 4.74 Å². The highest BCUT2D eigenvalue weighted by Gasteiger charge is 2.42. The fourth-order valence-corrected chi connectivity index (χ4v) is 6.59. The van der Waals surface area contributed by atoms with Crippen LogP contribution in [0, 0.1) is 5.92 Å². The Morgan fingerprint density at radius 3 is 2.27 bits per heavy atom. The number of rotatable bonds is 5. The minimum Gasteiger partial charge on any atom is -0.460 e. The fourth-order valence-electron chi connectivity index (χ4n) is 6.59. The van der Waals surface area contributed by atoms with Crippen molar-refractivity contribution in [1.82, 2.24) is 13.9 Å². The molecule has 0 radical (unpaired) electrons. The summed E-state index contributed by atoms with van der Waals surface area (Å²) >= 11 is 0. The molecule has 7 nitrogen and oxygen atoms in total. The minimum absolute atomic E-state index is 0.116. The zero-order valence-corrected chi connectivity index (χ0v) is 23.2. The molecule has 7 heteroatoms. The molecule has 40 heavy (non-hydrogen) atoms. The maximum absolute atomic E-state index is 13.8. The predicted octanol–water partition coefficient (Wildman–Crippen LogP) is 5.71. The number of benzene rings is 3. The van der Waals surface area contributed by atoms with Gasteiger partial charge in [0.15, 0.2) is 6.04 Å². The van der Waals surface area contributed by atoms with Crippen molar-refractivity contribution in [2.24, 2.45) is 5.92 Å². The first-order valence-corrected chi connectivity index (χ1v) is 14.2. The first kappa shape index (κ1) is 26.1. The summed E-state index contributed by atoms with van der Waals surface area (Å²) in [6.07, 6.45) is 6.97. The van der Waals surface area contributed by atoms with E-state index in [0.29, 0.717) is 5.69 Å². The van der Waals surface area contributed by atoms with Crippen molar-refractivity contribution in [2.45, 2.75) is 70.1 Å². The fraction of sp³-hybridized carbons (Fsp3) is 0.364. The zero-order chi connectivity index (χ0) is 28.0. The Hall–Kier alpha value is -4.13. The van der Waals surface area contributed by atoms with Crippen LogP contribution >= 0.6 is 0 Å². The van der Waals surface area contributed by atoms with Crippen molar-refractivity contribution in [2.75, 3.05) is 0 Å². The maximum Gasteiger partial charge on any atom is 0.352 e. The number of carbonyl (C=O) groups is 1. The minimum atomic E-state index is -1.01. The van der Waals surface area contributed by atoms with Crippen LogP contribution in [0.5, 0.6) is 0 Å². The monoisotopic (exact) mass is 537 g/mol. The molecule has 1 aliphatic carbocycles. The van der Waals surface area contributed by atoms with E-state index in [2.05, 4.69) is 50.2 Å². The largest absolute Gasteiger partial charge is 0.460 e. The van der Waals surface area contributed by atoms with Crippen LogP contribution in [0.4, 0.5) is 0 Å². The SMILES string of the molecule is C[C@H]1C=C[C@@H](C(=O)O[C@H]2CCCC[C@@H]2C(C)(C)c2ccc3ccccc3c2)n2c(=O)n(-c3ccccc3)c(=O)n21. The van der Waals surface area contributed by atoms with E-state index >= 15 is 0 Å². The van der Waals surface area contributed by atoms with Crippen LogP contribution in [0.2, 0.25) is 0 Å². The molecule has 0 spiro atoms. The molecule has 4 atom stereocenters. The van der Waals surface area contributed by atoms with Crippen LogP contribution in [0.1, 0.15) is 64.1 Å². The van der Waals surface area contributed by atoms with Crippen LogP contribution in [0.3, 0.4) is 0 Å². The first-order valence-electron chi connectivity index (χ1n) is 14.2. The molecule has 2 aliphatic rings. The lowest BCUT2D eigenvalue weighted by molar-refractivity contribution is -0.158. The number of para-hydroxylation sites is 1. The molecule has 6 rings (SSSR count). The van der Waals surface area contributed by atoms with Gasteiger partial charge in [0.25, 0.3) is 0 Å². The molecule has 4 aromatic rings. The molecule has 0 unspecified atom stereocenters. The topological polar surface area (TPSA) is 75.2 Å². The average Bonchev–Trinajstić information content (AvgIpc) is 3.24. The van der Waals surface area contributed by atoms with E-state index in [0.717, 1.165) is 30.3 Å². The molecule has 0 N–H and O–H groups in total. The Balaban J connectivity index is 1.32. The summed E-state index contributed by atoms with van der Waals surface area (Å²) in [6.45, 7) is 6.30. The Labute approximate surface area is 233 Å². The number of nitrogens with zero attached hydrogens (tertiary/aromatic N) is 3. The summed E-state index contributed by atoms with van der Waals surface area (Å²) in [4.78, 5) is 40.7. The first-order chi connectivity index (χ1) is 19.3. The zero-order valence-electron chi connectivity index (χ0n) is 23.2. The number of allylic oxidation sites excluding steroid dienone is 1. The standard InChI is InChI=1S/C33H35N3O4/c1-22-17-20-28(36-32(39)34(31(38)35(22)36)26-13-5-4-6-14-26)30(37)40-29-16-10-9-15-27(29)33(2,3)25-19-18-23-11-7-8-12-24(23)21-25/h4-8,11-14,17-22,27-29H,9-10,15-16H2,1-3H3/t22-,27-,28-,29-/m0/s1. The molecule has 1 saturated carbocycles. The summed E-state index contributed by atoms with van der Waals surface area (Å²) in [5, 5.41) is 2.39. The Morgan fingerprint density at radius 2 is 1.50 bits per heavy atom. The van der Waals surface area contributed by atoms with Gasteiger partial charge in [0, 0.05) is 5.92 Å². The van der Waals surface area contributed by atoms with Gasteiger partial charge in [0.1, 0.15) is 6.10 Å². The van der Waals surface area contributed by atoms with Gasteiger partial charge in [-0.05, 0) is 60.1 Å². The summed E-state index contributed by atoms with van der Waals surface area (Å²) in [7, 11) is 0. The van der Waals surface area contributed by atoms with Crippen molar-refractivity contribution >= 4 is 16.7 Å². The van der Waals surface area contributed by atoms with E-state index in [1.165, 1.54) is 25.7 Å². The van der Waals surface area contributed by atoms with Crippen molar-refractivity contribution in [3.63, 3.8) is 0 Å². The molecule has 1 aliphatic heterocycles. The lowest BCUT2D eigenvalue weighted by atomic mass is 9.66. The van der Waals surface area contributed by atoms with Gasteiger partial charge in [0.05, 0.1) is 11.7 Å². The van der Waals surface area contributed by atoms with E-state index in [1.54, 1.807) is 36.4 Å². The van der Waals surface area contributed by atoms with Gasteiger partial charge in [-0.1, -0.05) is 93.1 Å². The average molecular weight is 538 g/mol. The van der Waals surface area contributed by atoms with E-state index in [1.807, 2.05) is 19.1 Å². The number of carbonyl (C=O) groups excluding carboxylic acids is 1. The number of fused-ring (bicyclic) bond motifs is 2. The lowest BCUT2D eigenvalue weighted by Crippen LogP contribution is -2.44. The third kappa shape index (κ3) is 4.34. The summed E-state index contributed by atoms with van der Waals surface area (Å²) < 4.78 is 10.0. The van der Waals surface area contributed by atoms with Gasteiger partial charge in [-0.3, -0.25) is 0 Å². The van der Waals surface area contributed by atoms with E-state index in [-0.39, 0.29) is 23.5 Å². The normalized spacial score (nSPS) is 22.7. The molecule has 1 aromatic heterocycles. The van der Waals surface area contributed by atoms with E-state index in [4.69, 9.17) is 4.74 Å². The van der Waals surface area contributed by atoms with Crippen LogP contribution in [0.25, 0.3) is 16.5 Å². The smallest absolute Gasteiger partial charge is 0.352 e. The van der Waals surface area contributed by atoms with Crippen molar-refractivity contribution in [3.05, 3.63) is 111 Å². The lowest BCUT2D eigenvalue weighted by Gasteiger charge is -2.42. The van der Waals surface area contributed by atoms with Gasteiger partial charge in [-0.15, -0.1) is 0 Å². The highest BCUT2D eigenvalue weighted by molar-refractivity contribution is 5.83. The maximum atomic E-state index is 13.8. The molecule has 206 valence electrons. The molecule has 2 heterocycles. The summed E-state index contributed by atoms with van der Waals surface area (Å²) in [6, 6.07) is 22.3. The quantitative estimate of drug-likeness (QED) is 0.242. The van der Waals surface area contributed by atoms with Crippen molar-refractivity contribution in [3.8, 4) is 5.69 Å². The second-order valence-corrected chi connectivity index (χ2v) is 11.6. The number of ether oxygens (including phenoxy) is 1. The predicted molar refractivity (Wildman–Crippen MR) is 156 cm³/mol. The third-order valence-electron chi connectivity index (χ3n) is 8.87. The molecule has 0 amide bonds. The van der Waals surface area contributed by atoms with Crippen molar-refractivity contribution < 1.29 is 9.53 Å². The molecule has 3 aromatic carbocycles. The van der Waals surface area contributed by atoms with Crippen LogP contribution in [-0.4, -0.2) is 26.0 Å². The number of hydrogen-bond acceptors (Lipinski definition) is 4. The second kappa shape index (κ2) is 10.1. The molecule has 0 saturated heterocycles. The van der Waals surface area contributed by atoms with Gasteiger partial charge in [-0.25, -0.2) is 28.3 Å². The van der Waals surface area contributed by atoms with E-state index in [9.17, 15) is 14.4 Å². The van der Waals surface area contributed by atoms with Crippen molar-refractivity contribution in [1.29, 1.82) is 0 Å². The second-order valence-electron chi connectivity index (χ2n) is 11.6. The highest BCUT2D eigenvalue weighted by atomic mass is 16.5. The van der Waals surface area contributed by atoms with Crippen LogP contribution in [-0.2, 0) is 14.9 Å². The Bertz CT molecular complexity index is 1710. The van der Waals surface area contributed by atoms with Gasteiger partial charge in [0.2, 0.25) is 0 Å². The summed E-state index contributed by atoms with van der Waals surface area (Å²) in [5.74, 6) is -0.388. The third-order valence-corrected chi connectivity index (χ3v) is 8.87. The molecular weight excluding hydrogens is 502 g/mol. The van der Waals surface area contributed by atoms with Gasteiger partial charge in [-0.2, -0.15) is 0 Å². The highest BCUT2D eigenvalue weighted by Crippen LogP contribution is 2.43. The van der Waals surface area contributed by atoms with Gasteiger partial charge >= 0.3 is 17.3 Å². The number of aromatic nitrogens is 3. The number of hydrogen-bond donors (Lipinski definition) is 0. The Kier molecular flexibility index (Phi) is 6.61. The van der Waals surface area contributed by atoms with Crippen LogP contribution < -0.4 is 11.4 Å². The van der Waals surface area contributed by atoms with Crippen LogP contribution in [0.15, 0.2) is 94.5 Å². The molecule has 0 bridgehead atoms. The summed E-state index contributed by atoms with van der Waals surface area (Å²) in [5.41, 5.74) is 0.429. The van der Waals surface area contributed by atoms with E-state index < -0.39 is 23.4 Å². The Morgan fingerprint density at radius 1 is 0.825 bits per heavy atom. The molecular formula is C33H35N3O4. The molecule has 1 fully saturated rings. The number of esters is 1.